The van der Waals surface area contributed by atoms with Crippen molar-refractivity contribution in [3.05, 3.63) is 80.7 Å². The number of nitrogens with one attached hydrogen (secondary N) is 1. The van der Waals surface area contributed by atoms with Crippen LogP contribution in [0.5, 0.6) is 11.5 Å². The van der Waals surface area contributed by atoms with Crippen LogP contribution in [0.1, 0.15) is 10.6 Å². The minimum Gasteiger partial charge on any atom is -0.768 e. The van der Waals surface area contributed by atoms with Crippen LogP contribution in [0, 0.1) is 20.2 Å². The molecular weight excluding hydrogens is 602 g/mol. The van der Waals surface area contributed by atoms with Gasteiger partial charge in [-0.25, -0.2) is 0 Å². The quantitative estimate of drug-likeness (QED) is 0.113. The zero-order chi connectivity index (χ0) is 30.7. The van der Waals surface area contributed by atoms with Crippen LogP contribution in [-0.2, 0) is 22.2 Å². The Morgan fingerprint density at radius 3 is 1.98 bits per heavy atom. The maximum absolute atomic E-state index is 13.1. The third-order valence-electron chi connectivity index (χ3n) is 5.50. The second-order valence-corrected chi connectivity index (χ2v) is 9.71. The first-order valence-corrected chi connectivity index (χ1v) is 13.3. The standard InChI is InChI=1S/C22H17N7O11S2/c1-39-17-8-15(28(31)32)19(41(35)36)10-13(17)26-24-21(22(30)23-12-6-4-3-5-7-12)25-27(26)14-11-20(42(37)38)16(29(33)34)9-18(14)40-2/h3-11H,1-2H3,(H2-,23,30,35,36,37,38)/p-1. The van der Waals surface area contributed by atoms with Crippen LogP contribution in [0.25, 0.3) is 11.4 Å². The molecule has 0 saturated carbocycles. The predicted octanol–water partition coefficient (Wildman–Crippen LogP) is 1.11. The molecule has 0 fully saturated rings. The average molecular weight is 619 g/mol. The number of tetrazole rings is 1. The number of methoxy groups -OCH3 is 2. The molecule has 4 rings (SSSR count). The molecule has 0 aliphatic rings. The molecule has 2 atom stereocenters. The van der Waals surface area contributed by atoms with Gasteiger partial charge in [-0.1, -0.05) is 18.2 Å². The molecule has 0 aliphatic heterocycles. The van der Waals surface area contributed by atoms with E-state index in [1.807, 2.05) is 0 Å². The van der Waals surface area contributed by atoms with Gasteiger partial charge in [-0.05, 0) is 45.2 Å². The Morgan fingerprint density at radius 1 is 0.905 bits per heavy atom. The molecule has 0 saturated heterocycles. The molecule has 0 bridgehead atoms. The van der Waals surface area contributed by atoms with Crippen molar-refractivity contribution in [3.63, 3.8) is 0 Å². The van der Waals surface area contributed by atoms with Crippen LogP contribution < -0.4 is 19.6 Å². The number of rotatable bonds is 10. The van der Waals surface area contributed by atoms with Crippen molar-refractivity contribution in [1.82, 2.24) is 15.0 Å². The Hall–Kier alpha value is -5.18. The van der Waals surface area contributed by atoms with Crippen LogP contribution >= 0.6 is 0 Å². The lowest BCUT2D eigenvalue weighted by atomic mass is 10.2. The van der Waals surface area contributed by atoms with Gasteiger partial charge in [0, 0.05) is 21.6 Å². The Kier molecular flexibility index (Phi) is 8.61. The maximum atomic E-state index is 13.1. The van der Waals surface area contributed by atoms with Gasteiger partial charge in [0.2, 0.25) is 5.69 Å². The first kappa shape index (κ1) is 29.8. The molecular formula is C22H16N7O11S2-. The number of aromatic nitrogens is 4. The summed E-state index contributed by atoms with van der Waals surface area (Å²) in [5.74, 6) is -2.05. The van der Waals surface area contributed by atoms with Gasteiger partial charge >= 0.3 is 11.7 Å². The Bertz CT molecular complexity index is 1680. The van der Waals surface area contributed by atoms with Gasteiger partial charge < -0.3 is 23.9 Å². The number of ether oxygens (including phenoxy) is 2. The summed E-state index contributed by atoms with van der Waals surface area (Å²) in [4.78, 5) is 34.2. The van der Waals surface area contributed by atoms with Crippen molar-refractivity contribution in [3.8, 4) is 22.9 Å². The summed E-state index contributed by atoms with van der Waals surface area (Å²) in [7, 11) is 2.23. The lowest BCUT2D eigenvalue weighted by Crippen LogP contribution is -2.44. The molecule has 0 aliphatic carbocycles. The highest BCUT2D eigenvalue weighted by atomic mass is 32.2. The first-order valence-electron chi connectivity index (χ1n) is 11.1. The zero-order valence-electron chi connectivity index (χ0n) is 21.2. The number of nitrogens with zero attached hydrogens (tertiary/aromatic N) is 6. The minimum atomic E-state index is -3.14. The van der Waals surface area contributed by atoms with Gasteiger partial charge in [0.25, 0.3) is 11.4 Å². The number of hydrogen-bond acceptors (Lipinski definition) is 13. The molecule has 1 amide bonds. The second kappa shape index (κ2) is 12.1. The summed E-state index contributed by atoms with van der Waals surface area (Å²) in [5.41, 5.74) is -1.94. The molecule has 42 heavy (non-hydrogen) atoms. The number of amides is 1. The van der Waals surface area contributed by atoms with Crippen LogP contribution in [-0.4, -0.2) is 62.5 Å². The fourth-order valence-corrected chi connectivity index (χ4v) is 4.69. The number of benzene rings is 3. The smallest absolute Gasteiger partial charge is 0.397 e. The largest absolute Gasteiger partial charge is 0.768 e. The summed E-state index contributed by atoms with van der Waals surface area (Å²) in [6.07, 6.45) is 0. The summed E-state index contributed by atoms with van der Waals surface area (Å²) in [6, 6.07) is 11.3. The summed E-state index contributed by atoms with van der Waals surface area (Å²) in [5, 5.41) is 33.8. The van der Waals surface area contributed by atoms with E-state index in [0.29, 0.717) is 5.69 Å². The van der Waals surface area contributed by atoms with Crippen LogP contribution in [0.2, 0.25) is 0 Å². The van der Waals surface area contributed by atoms with Gasteiger partial charge in [0.05, 0.1) is 41.3 Å². The SMILES string of the molecule is COc1cc([N+](=O)[O-])c(S(=O)[O-])cc1-n1nc(C(=O)Nc2ccccc2)n[n+]1-c1cc(S(=O)[O-])c([N+](=O)[O-])cc1OC. The van der Waals surface area contributed by atoms with Crippen molar-refractivity contribution in [1.29, 1.82) is 0 Å². The van der Waals surface area contributed by atoms with E-state index in [1.54, 1.807) is 30.3 Å². The molecule has 1 heterocycles. The van der Waals surface area contributed by atoms with Crippen molar-refractivity contribution >= 4 is 45.1 Å². The molecule has 0 spiro atoms. The fraction of sp³-hybridized carbons (Fsp3) is 0.0909. The molecule has 4 aromatic rings. The van der Waals surface area contributed by atoms with Crippen molar-refractivity contribution < 1.29 is 46.4 Å². The average Bonchev–Trinajstić information content (AvgIpc) is 3.41. The normalized spacial score (nSPS) is 12.3. The van der Waals surface area contributed by atoms with Gasteiger partial charge in [0.1, 0.15) is 9.79 Å². The summed E-state index contributed by atoms with van der Waals surface area (Å²) >= 11 is -6.28. The minimum absolute atomic E-state index is 0.307. The Balaban J connectivity index is 2.05. The van der Waals surface area contributed by atoms with E-state index in [0.717, 1.165) is 48.1 Å². The van der Waals surface area contributed by atoms with Crippen molar-refractivity contribution in [2.75, 3.05) is 19.5 Å². The Labute approximate surface area is 239 Å². The van der Waals surface area contributed by atoms with E-state index in [1.165, 1.54) is 0 Å². The molecule has 18 nitrogen and oxygen atoms in total. The monoisotopic (exact) mass is 618 g/mol. The third-order valence-corrected chi connectivity index (χ3v) is 6.87. The number of carbonyl (C=O) groups excluding carboxylic acids is 1. The number of para-hydroxylation sites is 1. The van der Waals surface area contributed by atoms with Gasteiger partial charge in [-0.2, -0.15) is 0 Å². The van der Waals surface area contributed by atoms with E-state index < -0.39 is 64.9 Å². The van der Waals surface area contributed by atoms with E-state index in [-0.39, 0.29) is 22.9 Å². The number of anilines is 1. The summed E-state index contributed by atoms with van der Waals surface area (Å²) in [6.45, 7) is 0. The maximum Gasteiger partial charge on any atom is 0.397 e. The number of nitro benzene ring substituents is 2. The Morgan fingerprint density at radius 2 is 1.45 bits per heavy atom. The number of nitro groups is 2. The van der Waals surface area contributed by atoms with E-state index in [2.05, 4.69) is 15.5 Å². The first-order chi connectivity index (χ1) is 20.0. The van der Waals surface area contributed by atoms with Crippen LogP contribution in [0.4, 0.5) is 17.1 Å². The highest BCUT2D eigenvalue weighted by Crippen LogP contribution is 2.34. The second-order valence-electron chi connectivity index (χ2n) is 7.89. The fourth-order valence-electron chi connectivity index (χ4n) is 3.66. The van der Waals surface area contributed by atoms with Gasteiger partial charge in [-0.15, -0.1) is 0 Å². The van der Waals surface area contributed by atoms with E-state index >= 15 is 0 Å². The number of hydrogen-bond donors (Lipinski definition) is 1. The van der Waals surface area contributed by atoms with E-state index in [4.69, 9.17) is 9.47 Å². The molecule has 3 aromatic carbocycles. The summed E-state index contributed by atoms with van der Waals surface area (Å²) < 4.78 is 58.0. The molecule has 2 unspecified atom stereocenters. The van der Waals surface area contributed by atoms with Gasteiger partial charge in [0.15, 0.2) is 17.2 Å². The predicted molar refractivity (Wildman–Crippen MR) is 138 cm³/mol. The highest BCUT2D eigenvalue weighted by Gasteiger charge is 2.34. The molecule has 218 valence electrons. The molecule has 1 N–H and O–H groups in total. The lowest BCUT2D eigenvalue weighted by molar-refractivity contribution is -0.735. The van der Waals surface area contributed by atoms with Crippen LogP contribution in [0.15, 0.2) is 64.4 Å². The molecule has 20 heteroatoms. The van der Waals surface area contributed by atoms with Crippen LogP contribution in [0.3, 0.4) is 0 Å². The van der Waals surface area contributed by atoms with Gasteiger partial charge in [-0.3, -0.25) is 33.4 Å². The lowest BCUT2D eigenvalue weighted by Gasteiger charge is -2.13. The zero-order valence-corrected chi connectivity index (χ0v) is 22.8. The highest BCUT2D eigenvalue weighted by molar-refractivity contribution is 7.79. The van der Waals surface area contributed by atoms with E-state index in [9.17, 15) is 42.5 Å². The van der Waals surface area contributed by atoms with Crippen molar-refractivity contribution in [2.24, 2.45) is 0 Å². The number of carbonyl (C=O) groups is 1. The molecule has 0 radical (unpaired) electrons. The third kappa shape index (κ3) is 5.81. The van der Waals surface area contributed by atoms with Crippen molar-refractivity contribution in [2.45, 2.75) is 9.79 Å². The topological polar surface area (TPSA) is 249 Å². The molecule has 1 aromatic heterocycles.